The first kappa shape index (κ1) is 35.4. The minimum atomic E-state index is -3.86. The topological polar surface area (TPSA) is 105 Å². The first-order chi connectivity index (χ1) is 20.9. The summed E-state index contributed by atoms with van der Waals surface area (Å²) in [5, 5.41) is 9.14. The molecule has 3 aromatic rings. The van der Waals surface area contributed by atoms with Crippen LogP contribution in [-0.2, 0) is 9.84 Å². The van der Waals surface area contributed by atoms with Crippen molar-refractivity contribution in [2.75, 3.05) is 23.7 Å². The van der Waals surface area contributed by atoms with Gasteiger partial charge in [-0.3, -0.25) is 0 Å². The molecule has 1 aromatic heterocycles. The summed E-state index contributed by atoms with van der Waals surface area (Å²) in [5.41, 5.74) is 3.62. The van der Waals surface area contributed by atoms with Crippen LogP contribution >= 0.6 is 11.6 Å². The van der Waals surface area contributed by atoms with Crippen molar-refractivity contribution in [2.45, 2.75) is 65.4 Å². The second-order valence-electron chi connectivity index (χ2n) is 14.6. The molecular formula is C28H43B7ClN5O3S. The molecule has 0 amide bonds. The van der Waals surface area contributed by atoms with E-state index in [4.69, 9.17) is 16.3 Å². The van der Waals surface area contributed by atoms with E-state index in [1.165, 1.54) is 17.3 Å². The van der Waals surface area contributed by atoms with Gasteiger partial charge in [0, 0.05) is 4.65 Å². The molecular weight excluding hydrogens is 598 g/mol. The summed E-state index contributed by atoms with van der Waals surface area (Å²) in [6.07, 6.45) is 3.66. The fourth-order valence-electron chi connectivity index (χ4n) is 6.44. The SMILES string of the molecule is BC(B)(B)C(B)(C(B)(B)B)S(=O)(=O)c1ccccc1Nc1nc(Nc2cc(C)c(C3CCNCC3)cc2OC(C)C)ncc1Cl. The Morgan fingerprint density at radius 1 is 0.978 bits per heavy atom. The number of benzene rings is 2. The highest BCUT2D eigenvalue weighted by Crippen LogP contribution is 2.50. The Kier molecular flexibility index (Phi) is 10.5. The van der Waals surface area contributed by atoms with E-state index in [-0.39, 0.29) is 16.0 Å². The van der Waals surface area contributed by atoms with Crippen molar-refractivity contribution in [2.24, 2.45) is 0 Å². The summed E-state index contributed by atoms with van der Waals surface area (Å²) < 4.78 is 34.2. The van der Waals surface area contributed by atoms with E-state index >= 15 is 0 Å². The van der Waals surface area contributed by atoms with Gasteiger partial charge in [0.2, 0.25) is 5.95 Å². The van der Waals surface area contributed by atoms with Crippen LogP contribution < -0.4 is 20.7 Å². The predicted molar refractivity (Wildman–Crippen MR) is 207 cm³/mol. The maximum atomic E-state index is 14.5. The highest BCUT2D eigenvalue weighted by Gasteiger charge is 2.55. The lowest BCUT2D eigenvalue weighted by molar-refractivity contribution is 0.243. The Hall–Kier alpha value is -2.43. The third-order valence-corrected chi connectivity index (χ3v) is 12.8. The zero-order valence-corrected chi connectivity index (χ0v) is 30.0. The zero-order chi connectivity index (χ0) is 33.4. The molecule has 2 heterocycles. The number of anilines is 4. The number of nitrogens with one attached hydrogen (secondary N) is 3. The Bertz CT molecular complexity index is 1630. The molecule has 4 rings (SSSR count). The molecule has 0 atom stereocenters. The van der Waals surface area contributed by atoms with Crippen LogP contribution in [0.25, 0.3) is 0 Å². The lowest BCUT2D eigenvalue weighted by Gasteiger charge is -2.52. The van der Waals surface area contributed by atoms with Crippen LogP contribution in [0, 0.1) is 6.92 Å². The molecule has 0 saturated carbocycles. The first-order valence-corrected chi connectivity index (χ1v) is 17.6. The molecule has 0 radical (unpaired) electrons. The first-order valence-electron chi connectivity index (χ1n) is 15.8. The van der Waals surface area contributed by atoms with E-state index in [1.807, 2.05) is 68.8 Å². The fraction of sp³-hybridized carbons (Fsp3) is 0.429. The van der Waals surface area contributed by atoms with E-state index in [0.29, 0.717) is 23.4 Å². The summed E-state index contributed by atoms with van der Waals surface area (Å²) in [6.45, 7) is 8.15. The summed E-state index contributed by atoms with van der Waals surface area (Å²) >= 11 is 6.59. The predicted octanol–water partition coefficient (Wildman–Crippen LogP) is -0.771. The summed E-state index contributed by atoms with van der Waals surface area (Å²) in [4.78, 5) is 9.31. The van der Waals surface area contributed by atoms with Gasteiger partial charge >= 0.3 is 0 Å². The number of nitrogens with zero attached hydrogens (tertiary/aromatic N) is 2. The van der Waals surface area contributed by atoms with Gasteiger partial charge in [0.15, 0.2) is 15.7 Å². The Morgan fingerprint density at radius 3 is 2.20 bits per heavy atom. The Balaban J connectivity index is 1.72. The molecule has 1 saturated heterocycles. The third kappa shape index (κ3) is 7.28. The Labute approximate surface area is 280 Å². The molecule has 1 fully saturated rings. The quantitative estimate of drug-likeness (QED) is 0.235. The molecule has 3 N–H and O–H groups in total. The van der Waals surface area contributed by atoms with Crippen molar-refractivity contribution < 1.29 is 13.2 Å². The number of hydrogen-bond acceptors (Lipinski definition) is 8. The molecule has 0 unspecified atom stereocenters. The van der Waals surface area contributed by atoms with Gasteiger partial charge in [-0.25, -0.2) is 13.4 Å². The van der Waals surface area contributed by atoms with E-state index in [1.54, 1.807) is 24.3 Å². The number of sulfone groups is 1. The number of aryl methyl sites for hydroxylation is 1. The fourth-order valence-corrected chi connectivity index (χ4v) is 9.30. The molecule has 8 nitrogen and oxygen atoms in total. The molecule has 0 bridgehead atoms. The number of halogens is 1. The van der Waals surface area contributed by atoms with Crippen LogP contribution in [-0.4, -0.2) is 97.1 Å². The molecule has 0 aliphatic carbocycles. The van der Waals surface area contributed by atoms with Gasteiger partial charge in [-0.05, 0) is 88.0 Å². The highest BCUT2D eigenvalue weighted by atomic mass is 35.5. The number of aromatic nitrogens is 2. The lowest BCUT2D eigenvalue weighted by Crippen LogP contribution is -2.60. The second-order valence-corrected chi connectivity index (χ2v) is 17.2. The van der Waals surface area contributed by atoms with Crippen LogP contribution in [0.3, 0.4) is 0 Å². The van der Waals surface area contributed by atoms with Gasteiger partial charge in [0.1, 0.15) is 18.6 Å². The van der Waals surface area contributed by atoms with Crippen LogP contribution in [0.2, 0.25) is 15.2 Å². The number of piperidine rings is 1. The van der Waals surface area contributed by atoms with Crippen LogP contribution in [0.15, 0.2) is 47.5 Å². The normalized spacial score (nSPS) is 15.1. The summed E-state index contributed by atoms with van der Waals surface area (Å²) in [5.74, 6) is 1.81. The van der Waals surface area contributed by atoms with E-state index in [0.717, 1.165) is 37.4 Å². The van der Waals surface area contributed by atoms with Gasteiger partial charge < -0.3 is 20.7 Å². The lowest BCUT2D eigenvalue weighted by atomic mass is 9.21. The van der Waals surface area contributed by atoms with Crippen LogP contribution in [0.4, 0.5) is 23.1 Å². The smallest absolute Gasteiger partial charge is 0.229 e. The average Bonchev–Trinajstić information content (AvgIpc) is 2.95. The number of hydrogen-bond donors (Lipinski definition) is 3. The standard InChI is InChI=1S/C28H43B7ClN5O3S/c1-15(2)44-22-13-18(17-8-10-37-11-9-17)16(3)12-21(22)40-25-38-14-19(36)24(41-25)39-20-6-4-5-7-23(20)45(42,43)26(29,27(30,31)32)28(33,34)35/h4-7,12-15,17,37H,8-11,29-35H2,1-3H3,(H2,38,39,40,41). The van der Waals surface area contributed by atoms with Gasteiger partial charge in [-0.15, -0.1) is 10.2 Å². The molecule has 1 aliphatic rings. The Morgan fingerprint density at radius 2 is 1.60 bits per heavy atom. The maximum absolute atomic E-state index is 14.5. The van der Waals surface area contributed by atoms with Gasteiger partial charge in [-0.1, -0.05) is 23.7 Å². The van der Waals surface area contributed by atoms with Crippen LogP contribution in [0.5, 0.6) is 5.75 Å². The minimum absolute atomic E-state index is 0.0252. The summed E-state index contributed by atoms with van der Waals surface area (Å²) in [6, 6.07) is 11.1. The largest absolute Gasteiger partial charge is 0.489 e. The van der Waals surface area contributed by atoms with E-state index in [9.17, 15) is 8.42 Å². The average molecular weight is 641 g/mol. The van der Waals surface area contributed by atoms with Gasteiger partial charge in [-0.2, -0.15) is 4.98 Å². The summed E-state index contributed by atoms with van der Waals surface area (Å²) in [7, 11) is 9.83. The maximum Gasteiger partial charge on any atom is 0.229 e. The molecule has 45 heavy (non-hydrogen) atoms. The number of rotatable bonds is 11. The molecule has 0 spiro atoms. The van der Waals surface area contributed by atoms with E-state index < -0.39 is 24.7 Å². The highest BCUT2D eigenvalue weighted by molar-refractivity contribution is 7.95. The van der Waals surface area contributed by atoms with Gasteiger partial charge in [0.25, 0.3) is 0 Å². The monoisotopic (exact) mass is 641 g/mol. The molecule has 17 heteroatoms. The second kappa shape index (κ2) is 13.4. The third-order valence-electron chi connectivity index (χ3n) is 9.33. The van der Waals surface area contributed by atoms with Crippen molar-refractivity contribution in [3.05, 3.63) is 58.7 Å². The van der Waals surface area contributed by atoms with Crippen LogP contribution in [0.1, 0.15) is 43.7 Å². The van der Waals surface area contributed by atoms with E-state index in [2.05, 4.69) is 45.0 Å². The van der Waals surface area contributed by atoms with Gasteiger partial charge in [0.05, 0.1) is 75.6 Å². The number of ether oxygens (including phenoxy) is 1. The molecule has 2 aromatic carbocycles. The van der Waals surface area contributed by atoms with Crippen molar-refractivity contribution in [3.63, 3.8) is 0 Å². The molecule has 232 valence electrons. The molecule has 1 aliphatic heterocycles. The van der Waals surface area contributed by atoms with Crippen molar-refractivity contribution >= 4 is 99.5 Å². The minimum Gasteiger partial charge on any atom is -0.489 e. The number of para-hydroxylation sites is 1. The van der Waals surface area contributed by atoms with Crippen molar-refractivity contribution in [1.82, 2.24) is 15.3 Å². The van der Waals surface area contributed by atoms with Crippen molar-refractivity contribution in [1.29, 1.82) is 0 Å². The zero-order valence-electron chi connectivity index (χ0n) is 28.4. The van der Waals surface area contributed by atoms with Crippen molar-refractivity contribution in [3.8, 4) is 5.75 Å².